The first-order chi connectivity index (χ1) is 12.1. The van der Waals surface area contributed by atoms with Crippen molar-refractivity contribution in [3.05, 3.63) is 48.0 Å². The van der Waals surface area contributed by atoms with Crippen LogP contribution in [0, 0.1) is 0 Å². The van der Waals surface area contributed by atoms with E-state index < -0.39 is 0 Å². The number of hydrogen-bond donors (Lipinski definition) is 2. The van der Waals surface area contributed by atoms with Crippen LogP contribution in [0.15, 0.2) is 42.5 Å². The molecule has 134 valence electrons. The van der Waals surface area contributed by atoms with Gasteiger partial charge in [0.2, 0.25) is 5.91 Å². The minimum absolute atomic E-state index is 0.103. The van der Waals surface area contributed by atoms with E-state index in [9.17, 15) is 9.90 Å². The minimum atomic E-state index is -0.204. The van der Waals surface area contributed by atoms with Crippen molar-refractivity contribution in [2.75, 3.05) is 18.5 Å². The van der Waals surface area contributed by atoms with Gasteiger partial charge in [-0.25, -0.2) is 0 Å². The number of amides is 1. The topological polar surface area (TPSA) is 67.8 Å². The lowest BCUT2D eigenvalue weighted by Crippen LogP contribution is -2.14. The third-order valence-corrected chi connectivity index (χ3v) is 3.49. The Balaban J connectivity index is 2.07. The summed E-state index contributed by atoms with van der Waals surface area (Å²) < 4.78 is 11.4. The third kappa shape index (κ3) is 5.71. The van der Waals surface area contributed by atoms with Crippen LogP contribution in [0.1, 0.15) is 32.3 Å². The van der Waals surface area contributed by atoms with Gasteiger partial charge in [0.15, 0.2) is 11.5 Å². The van der Waals surface area contributed by atoms with Crippen molar-refractivity contribution in [3.8, 4) is 17.2 Å². The van der Waals surface area contributed by atoms with Crippen LogP contribution in [0.5, 0.6) is 17.2 Å². The summed E-state index contributed by atoms with van der Waals surface area (Å²) in [6.07, 6.45) is 1.90. The second-order valence-electron chi connectivity index (χ2n) is 5.71. The summed E-state index contributed by atoms with van der Waals surface area (Å²) in [6.45, 7) is 5.27. The van der Waals surface area contributed by atoms with Crippen LogP contribution in [0.25, 0.3) is 0 Å². The number of phenols is 1. The van der Waals surface area contributed by atoms with Crippen LogP contribution in [0.3, 0.4) is 0 Å². The lowest BCUT2D eigenvalue weighted by molar-refractivity contribution is -0.115. The molecule has 0 bridgehead atoms. The average molecular weight is 343 g/mol. The van der Waals surface area contributed by atoms with Crippen molar-refractivity contribution in [1.29, 1.82) is 0 Å². The number of carbonyl (C=O) groups is 1. The second kappa shape index (κ2) is 9.57. The molecule has 0 unspecified atom stereocenters. The number of ether oxygens (including phenoxy) is 2. The highest BCUT2D eigenvalue weighted by molar-refractivity contribution is 5.92. The fourth-order valence-electron chi connectivity index (χ4n) is 2.28. The highest BCUT2D eigenvalue weighted by Crippen LogP contribution is 2.31. The predicted octanol–water partition coefficient (Wildman–Crippen LogP) is 4.15. The smallest absolute Gasteiger partial charge is 0.228 e. The maximum Gasteiger partial charge on any atom is 0.228 e. The van der Waals surface area contributed by atoms with Crippen molar-refractivity contribution < 1.29 is 19.4 Å². The molecule has 0 saturated carbocycles. The molecule has 2 aromatic carbocycles. The number of benzene rings is 2. The van der Waals surface area contributed by atoms with E-state index in [0.29, 0.717) is 36.0 Å². The number of para-hydroxylation sites is 1. The normalized spacial score (nSPS) is 10.3. The summed E-state index contributed by atoms with van der Waals surface area (Å²) in [6, 6.07) is 12.2. The number of phenolic OH excluding ortho intramolecular Hbond substituents is 1. The van der Waals surface area contributed by atoms with Gasteiger partial charge in [0, 0.05) is 17.3 Å². The molecule has 0 spiro atoms. The summed E-state index contributed by atoms with van der Waals surface area (Å²) in [5.74, 6) is 1.21. The molecule has 0 fully saturated rings. The molecular formula is C20H25NO4. The standard InChI is InChI=1S/C20H25NO4/c1-3-11-24-18-10-9-16(14-19(18)25-12-4-2)21-20(23)13-15-7-5-6-8-17(15)22/h5-10,14,22H,3-4,11-13H2,1-2H3,(H,21,23). The fraction of sp³-hybridized carbons (Fsp3) is 0.350. The van der Waals surface area contributed by atoms with E-state index in [-0.39, 0.29) is 18.1 Å². The zero-order valence-electron chi connectivity index (χ0n) is 14.7. The van der Waals surface area contributed by atoms with Gasteiger partial charge in [0.1, 0.15) is 5.75 Å². The number of carbonyl (C=O) groups excluding carboxylic acids is 1. The third-order valence-electron chi connectivity index (χ3n) is 3.49. The largest absolute Gasteiger partial charge is 0.508 e. The van der Waals surface area contributed by atoms with Crippen molar-refractivity contribution >= 4 is 11.6 Å². The first-order valence-electron chi connectivity index (χ1n) is 8.60. The molecule has 0 atom stereocenters. The number of rotatable bonds is 9. The van der Waals surface area contributed by atoms with E-state index in [1.807, 2.05) is 13.8 Å². The molecule has 0 aliphatic heterocycles. The van der Waals surface area contributed by atoms with Crippen molar-refractivity contribution in [3.63, 3.8) is 0 Å². The van der Waals surface area contributed by atoms with Gasteiger partial charge in [-0.1, -0.05) is 32.0 Å². The Morgan fingerprint density at radius 3 is 2.36 bits per heavy atom. The molecule has 5 heteroatoms. The number of hydrogen-bond acceptors (Lipinski definition) is 4. The van der Waals surface area contributed by atoms with Crippen LogP contribution in [-0.4, -0.2) is 24.2 Å². The van der Waals surface area contributed by atoms with Crippen LogP contribution in [-0.2, 0) is 11.2 Å². The number of aromatic hydroxyl groups is 1. The molecule has 0 radical (unpaired) electrons. The van der Waals surface area contributed by atoms with Crippen LogP contribution >= 0.6 is 0 Å². The maximum atomic E-state index is 12.2. The molecule has 0 aromatic heterocycles. The van der Waals surface area contributed by atoms with Gasteiger partial charge in [-0.3, -0.25) is 4.79 Å². The van der Waals surface area contributed by atoms with Gasteiger partial charge in [-0.15, -0.1) is 0 Å². The van der Waals surface area contributed by atoms with Gasteiger partial charge in [-0.2, -0.15) is 0 Å². The number of nitrogens with one attached hydrogen (secondary N) is 1. The highest BCUT2D eigenvalue weighted by Gasteiger charge is 2.11. The lowest BCUT2D eigenvalue weighted by atomic mass is 10.1. The molecule has 25 heavy (non-hydrogen) atoms. The molecule has 0 aliphatic carbocycles. The first kappa shape index (κ1) is 18.6. The van der Waals surface area contributed by atoms with E-state index in [1.54, 1.807) is 42.5 Å². The van der Waals surface area contributed by atoms with Crippen LogP contribution in [0.2, 0.25) is 0 Å². The zero-order valence-corrected chi connectivity index (χ0v) is 14.7. The van der Waals surface area contributed by atoms with Gasteiger partial charge in [-0.05, 0) is 31.0 Å². The average Bonchev–Trinajstić information content (AvgIpc) is 2.61. The van der Waals surface area contributed by atoms with Gasteiger partial charge >= 0.3 is 0 Å². The second-order valence-corrected chi connectivity index (χ2v) is 5.71. The fourth-order valence-corrected chi connectivity index (χ4v) is 2.28. The highest BCUT2D eigenvalue weighted by atomic mass is 16.5. The lowest BCUT2D eigenvalue weighted by Gasteiger charge is -2.14. The molecule has 2 aromatic rings. The molecule has 5 nitrogen and oxygen atoms in total. The summed E-state index contributed by atoms with van der Waals surface area (Å²) in [5, 5.41) is 12.6. The van der Waals surface area contributed by atoms with Crippen LogP contribution < -0.4 is 14.8 Å². The molecule has 1 amide bonds. The number of anilines is 1. The Bertz CT molecular complexity index is 700. The SMILES string of the molecule is CCCOc1ccc(NC(=O)Cc2ccccc2O)cc1OCCC. The molecule has 2 rings (SSSR count). The van der Waals surface area contributed by atoms with E-state index in [2.05, 4.69) is 5.32 Å². The van der Waals surface area contributed by atoms with Gasteiger partial charge in [0.25, 0.3) is 0 Å². The van der Waals surface area contributed by atoms with Crippen molar-refractivity contribution in [2.24, 2.45) is 0 Å². The van der Waals surface area contributed by atoms with E-state index in [0.717, 1.165) is 12.8 Å². The summed E-state index contributed by atoms with van der Waals surface area (Å²) >= 11 is 0. The predicted molar refractivity (Wildman–Crippen MR) is 98.5 cm³/mol. The first-order valence-corrected chi connectivity index (χ1v) is 8.60. The van der Waals surface area contributed by atoms with E-state index in [4.69, 9.17) is 9.47 Å². The molecule has 0 aliphatic rings. The summed E-state index contributed by atoms with van der Waals surface area (Å²) in [7, 11) is 0. The quantitative estimate of drug-likeness (QED) is 0.718. The van der Waals surface area contributed by atoms with Crippen molar-refractivity contribution in [1.82, 2.24) is 0 Å². The molecule has 0 heterocycles. The van der Waals surface area contributed by atoms with Crippen molar-refractivity contribution in [2.45, 2.75) is 33.1 Å². The van der Waals surface area contributed by atoms with Gasteiger partial charge in [0.05, 0.1) is 19.6 Å². The van der Waals surface area contributed by atoms with E-state index >= 15 is 0 Å². The Hall–Kier alpha value is -2.69. The Morgan fingerprint density at radius 2 is 1.68 bits per heavy atom. The summed E-state index contributed by atoms with van der Waals surface area (Å²) in [4.78, 5) is 12.2. The maximum absolute atomic E-state index is 12.2. The van der Waals surface area contributed by atoms with E-state index in [1.165, 1.54) is 0 Å². The Kier molecular flexibility index (Phi) is 7.14. The zero-order chi connectivity index (χ0) is 18.1. The van der Waals surface area contributed by atoms with Gasteiger partial charge < -0.3 is 19.9 Å². The van der Waals surface area contributed by atoms with Crippen LogP contribution in [0.4, 0.5) is 5.69 Å². The molecule has 0 saturated heterocycles. The summed E-state index contributed by atoms with van der Waals surface area (Å²) in [5.41, 5.74) is 1.22. The Morgan fingerprint density at radius 1 is 1.00 bits per heavy atom. The minimum Gasteiger partial charge on any atom is -0.508 e. The molecule has 2 N–H and O–H groups in total. The Labute approximate surface area is 148 Å². The molecular weight excluding hydrogens is 318 g/mol. The monoisotopic (exact) mass is 343 g/mol.